The lowest BCUT2D eigenvalue weighted by Crippen LogP contribution is -2.56. The van der Waals surface area contributed by atoms with Crippen molar-refractivity contribution in [2.45, 2.75) is 111 Å². The van der Waals surface area contributed by atoms with Gasteiger partial charge in [-0.05, 0) is 27.1 Å². The van der Waals surface area contributed by atoms with E-state index in [4.69, 9.17) is 10.5 Å². The third kappa shape index (κ3) is 25.5. The van der Waals surface area contributed by atoms with Crippen LogP contribution in [0.5, 0.6) is 0 Å². The van der Waals surface area contributed by atoms with E-state index >= 15 is 0 Å². The fourth-order valence-electron chi connectivity index (χ4n) is 4.52. The molecule has 4 N–H and O–H groups in total. The topological polar surface area (TPSA) is 159 Å². The predicted molar refractivity (Wildman–Crippen MR) is 176 cm³/mol. The number of nitrogens with zero attached hydrogens (tertiary/aromatic N) is 2. The number of quaternary nitrogens is 1. The average Bonchev–Trinajstić information content (AvgIpc) is 3.01. The summed E-state index contributed by atoms with van der Waals surface area (Å²) < 4.78 is 333. The van der Waals surface area contributed by atoms with Crippen LogP contribution < -0.4 is 9.44 Å². The number of rotatable bonds is 24. The van der Waals surface area contributed by atoms with E-state index in [1.165, 1.54) is 14.1 Å². The van der Waals surface area contributed by atoms with Crippen LogP contribution in [0, 0.1) is 5.21 Å². The quantitative estimate of drug-likeness (QED) is 0.0247. The lowest BCUT2D eigenvalue weighted by atomic mass is 9.92. The second-order valence-electron chi connectivity index (χ2n) is 14.5. The Bertz CT molecular complexity index is 1540. The largest absolute Gasteiger partial charge is 0.633 e. The fourth-order valence-corrected chi connectivity index (χ4v) is 6.85. The highest BCUT2D eigenvalue weighted by Crippen LogP contribution is 2.54. The van der Waals surface area contributed by atoms with E-state index < -0.39 is 134 Å². The van der Waals surface area contributed by atoms with Gasteiger partial charge < -0.3 is 14.8 Å². The molecule has 384 valence electrons. The van der Waals surface area contributed by atoms with Crippen LogP contribution in [-0.2, 0) is 20.0 Å². The molecule has 0 rings (SSSR count). The molecule has 0 aliphatic heterocycles. The fraction of sp³-hybridized carbons (Fsp3) is 1.00. The molecule has 0 aromatic heterocycles. The van der Waals surface area contributed by atoms with Crippen molar-refractivity contribution >= 4 is 20.0 Å². The lowest BCUT2D eigenvalue weighted by molar-refractivity contribution is -0.840. The van der Waals surface area contributed by atoms with Crippen LogP contribution in [0.2, 0.25) is 0 Å². The van der Waals surface area contributed by atoms with E-state index in [9.17, 15) is 119 Å². The zero-order valence-electron chi connectivity index (χ0n) is 32.9. The monoisotopic (exact) mass is 1030 g/mol. The minimum atomic E-state index is -6.85. The molecule has 0 fully saturated rings. The van der Waals surface area contributed by atoms with E-state index in [1.807, 2.05) is 4.72 Å². The maximum absolute atomic E-state index is 13.7. The van der Waals surface area contributed by atoms with Crippen LogP contribution >= 0.6 is 0 Å². The summed E-state index contributed by atoms with van der Waals surface area (Å²) in [6.45, 7) is -0.179. The minimum Gasteiger partial charge on any atom is -0.633 e. The highest BCUT2D eigenvalue weighted by Gasteiger charge is 2.76. The van der Waals surface area contributed by atoms with Crippen molar-refractivity contribution in [1.82, 2.24) is 14.3 Å². The van der Waals surface area contributed by atoms with Crippen molar-refractivity contribution in [3.63, 3.8) is 0 Å². The molecule has 0 atom stereocenters. The Morgan fingerprint density at radius 2 is 0.762 bits per heavy atom. The predicted octanol–water partition coefficient (Wildman–Crippen LogP) is 8.29. The third-order valence-corrected chi connectivity index (χ3v) is 10.4. The average molecular weight is 1030 g/mol. The second kappa shape index (κ2) is 23.2. The van der Waals surface area contributed by atoms with Gasteiger partial charge in [0, 0.05) is 32.4 Å². The molecule has 0 spiro atoms. The summed E-state index contributed by atoms with van der Waals surface area (Å²) in [5, 5.41) is 23.3. The van der Waals surface area contributed by atoms with Gasteiger partial charge in [-0.2, -0.15) is 52.7 Å². The van der Waals surface area contributed by atoms with E-state index in [2.05, 4.69) is 0 Å². The molecule has 0 amide bonds. The molecular weight excluding hydrogens is 986 g/mol. The van der Waals surface area contributed by atoms with Crippen LogP contribution in [0.25, 0.3) is 0 Å². The van der Waals surface area contributed by atoms with E-state index in [0.29, 0.717) is 6.54 Å². The molecule has 0 aliphatic carbocycles. The van der Waals surface area contributed by atoms with Gasteiger partial charge in [0.1, 0.15) is 0 Å². The van der Waals surface area contributed by atoms with Gasteiger partial charge in [0.05, 0.1) is 57.8 Å². The molecule has 0 aromatic rings. The summed E-state index contributed by atoms with van der Waals surface area (Å²) >= 11 is 0. The van der Waals surface area contributed by atoms with Crippen LogP contribution in [0.3, 0.4) is 0 Å². The molecule has 0 unspecified atom stereocenters. The van der Waals surface area contributed by atoms with Gasteiger partial charge in [-0.25, -0.2) is 70.2 Å². The number of nitrogens with one attached hydrogen (secondary N) is 2. The van der Waals surface area contributed by atoms with Gasteiger partial charge in [0.25, 0.3) is 23.7 Å². The number of hydrogen-bond donors (Lipinski definition) is 4. The lowest BCUT2D eigenvalue weighted by Gasteiger charge is -2.34. The van der Waals surface area contributed by atoms with Gasteiger partial charge >= 0.3 is 36.0 Å². The highest BCUT2D eigenvalue weighted by molar-refractivity contribution is 7.89. The molecule has 35 heteroatoms. The Morgan fingerprint density at radius 1 is 0.492 bits per heavy atom. The molecular formula is C28H44F22N4O7S2. The highest BCUT2D eigenvalue weighted by atomic mass is 32.2. The van der Waals surface area contributed by atoms with Crippen molar-refractivity contribution in [1.29, 1.82) is 0 Å². The number of hydrogen-bond acceptors (Lipinski definition) is 8. The van der Waals surface area contributed by atoms with Gasteiger partial charge in [-0.1, -0.05) is 0 Å². The zero-order valence-corrected chi connectivity index (χ0v) is 34.5. The maximum Gasteiger partial charge on any atom is 0.431 e. The summed E-state index contributed by atoms with van der Waals surface area (Å²) in [6, 6.07) is 0. The van der Waals surface area contributed by atoms with Crippen molar-refractivity contribution in [3.05, 3.63) is 5.21 Å². The van der Waals surface area contributed by atoms with Gasteiger partial charge in [-0.3, -0.25) is 10.5 Å². The molecule has 0 aliphatic rings. The molecule has 0 aromatic carbocycles. The molecule has 0 bridgehead atoms. The van der Waals surface area contributed by atoms with E-state index in [-0.39, 0.29) is 32.5 Å². The number of hydroxylamine groups is 3. The Hall–Kier alpha value is -1.92. The van der Waals surface area contributed by atoms with Gasteiger partial charge in [0.15, 0.2) is 0 Å². The first-order valence-electron chi connectivity index (χ1n) is 16.9. The first kappa shape index (κ1) is 65.4. The minimum absolute atomic E-state index is 0.0162. The van der Waals surface area contributed by atoms with Crippen molar-refractivity contribution < 1.29 is 129 Å². The van der Waals surface area contributed by atoms with Crippen LogP contribution in [0.15, 0.2) is 0 Å². The summed E-state index contributed by atoms with van der Waals surface area (Å²) in [6.07, 6.45) is -43.9. The Balaban J connectivity index is -0.00000110. The Kier molecular flexibility index (Phi) is 24.1. The van der Waals surface area contributed by atoms with Crippen molar-refractivity contribution in [2.24, 2.45) is 0 Å². The SMILES string of the molecule is CN(C)CCCNS(=O)(=O)CCC(F)(F)CC(F)(F)CC(F)(C(F)(F)F)C(F)(F)F.C[N+](C)([O-])CCCNS(=O)(=O)CCC(F)(F)CC(F)(F)CC(F)(C(F)(F)F)C(F)(F)F.OO. The Morgan fingerprint density at radius 3 is 1.00 bits per heavy atom. The molecule has 63 heavy (non-hydrogen) atoms. The normalized spacial score (nSPS) is 14.9. The molecule has 11 nitrogen and oxygen atoms in total. The number of halogens is 22. The van der Waals surface area contributed by atoms with Crippen LogP contribution in [0.4, 0.5) is 96.6 Å². The van der Waals surface area contributed by atoms with E-state index in [1.54, 1.807) is 23.7 Å². The van der Waals surface area contributed by atoms with Crippen molar-refractivity contribution in [2.75, 3.05) is 65.9 Å². The second-order valence-corrected chi connectivity index (χ2v) is 18.3. The first-order chi connectivity index (χ1) is 27.4. The summed E-state index contributed by atoms with van der Waals surface area (Å²) in [5.74, 6) is -23.2. The van der Waals surface area contributed by atoms with Crippen molar-refractivity contribution in [3.8, 4) is 0 Å². The standard InChI is InChI=1S/C14H21F11N2O3S.C14H21F11N2O2S.H2O2/c1-27(2,28)6-3-5-26-31(29,30)7-4-10(15,16)8-11(17,18)9-12(19,13(20,21)22)14(23,24)25;1-27(2)6-3-5-26-30(28,29)7-4-10(15,16)8-11(17,18)9-12(19,13(20,21)22)14(23,24)25;1-2/h26H,3-9H2,1-2H3;26H,3-9H2,1-2H3;1-2H. The summed E-state index contributed by atoms with van der Waals surface area (Å²) in [7, 11) is -3.06. The van der Waals surface area contributed by atoms with E-state index in [0.717, 1.165) is 0 Å². The van der Waals surface area contributed by atoms with Gasteiger partial charge in [0.2, 0.25) is 20.0 Å². The smallest absolute Gasteiger partial charge is 0.431 e. The molecule has 0 saturated carbocycles. The maximum atomic E-state index is 13.7. The van der Waals surface area contributed by atoms with Crippen LogP contribution in [-0.4, -0.2) is 163 Å². The number of alkyl halides is 22. The third-order valence-electron chi connectivity index (χ3n) is 7.61. The van der Waals surface area contributed by atoms with Crippen LogP contribution in [0.1, 0.15) is 51.4 Å². The summed E-state index contributed by atoms with van der Waals surface area (Å²) in [5.41, 5.74) is -12.9. The zero-order chi connectivity index (χ0) is 51.4. The van der Waals surface area contributed by atoms with Gasteiger partial charge in [-0.15, -0.1) is 0 Å². The molecule has 0 saturated heterocycles. The Labute approximate surface area is 345 Å². The first-order valence-corrected chi connectivity index (χ1v) is 20.2. The number of sulfonamides is 2. The molecule has 0 radical (unpaired) electrons. The molecule has 0 heterocycles. The summed E-state index contributed by atoms with van der Waals surface area (Å²) in [4.78, 5) is 1.68.